The van der Waals surface area contributed by atoms with Gasteiger partial charge >= 0.3 is 0 Å². The average Bonchev–Trinajstić information content (AvgIpc) is 3.15. The van der Waals surface area contributed by atoms with Crippen LogP contribution in [0.5, 0.6) is 0 Å². The van der Waals surface area contributed by atoms with E-state index >= 15 is 0 Å². The molecule has 0 aliphatic carbocycles. The molecule has 1 unspecified atom stereocenters. The van der Waals surface area contributed by atoms with E-state index < -0.39 is 21.0 Å². The standard InChI is InChI=1S/C19H24N4O6S/c1-14(15-5-4-6-16(11-15)23(25)26)21(3)19(24)18-12-17(13-20(18)2)30(27,28)22-7-9-29-10-8-22/h4-6,11-14H,7-10H2,1-3H3. The normalized spacial score (nSPS) is 16.2. The Kier molecular flexibility index (Phi) is 6.25. The minimum absolute atomic E-state index is 0.0478. The molecular weight excluding hydrogens is 412 g/mol. The number of nitrogens with zero attached hydrogens (tertiary/aromatic N) is 4. The number of morpholine rings is 1. The molecule has 1 aliphatic rings. The zero-order valence-electron chi connectivity index (χ0n) is 17.0. The number of nitro benzene ring substituents is 1. The Morgan fingerprint density at radius 3 is 2.57 bits per heavy atom. The lowest BCUT2D eigenvalue weighted by molar-refractivity contribution is -0.384. The van der Waals surface area contributed by atoms with Crippen molar-refractivity contribution in [3.63, 3.8) is 0 Å². The van der Waals surface area contributed by atoms with Crippen molar-refractivity contribution < 1.29 is 22.9 Å². The Balaban J connectivity index is 1.84. The lowest BCUT2D eigenvalue weighted by Crippen LogP contribution is -2.40. The number of nitro groups is 1. The van der Waals surface area contributed by atoms with Crippen molar-refractivity contribution in [1.29, 1.82) is 0 Å². The smallest absolute Gasteiger partial charge is 0.270 e. The third kappa shape index (κ3) is 4.23. The summed E-state index contributed by atoms with van der Waals surface area (Å²) in [6.07, 6.45) is 1.42. The third-order valence-electron chi connectivity index (χ3n) is 5.27. The molecule has 3 rings (SSSR count). The molecule has 1 fully saturated rings. The van der Waals surface area contributed by atoms with Crippen molar-refractivity contribution in [3.05, 3.63) is 57.9 Å². The molecule has 1 aromatic heterocycles. The zero-order valence-corrected chi connectivity index (χ0v) is 17.8. The van der Waals surface area contributed by atoms with E-state index in [1.54, 1.807) is 33.2 Å². The highest BCUT2D eigenvalue weighted by atomic mass is 32.2. The van der Waals surface area contributed by atoms with Gasteiger partial charge in [-0.25, -0.2) is 8.42 Å². The summed E-state index contributed by atoms with van der Waals surface area (Å²) in [7, 11) is -0.537. The second kappa shape index (κ2) is 8.54. The molecular formula is C19H24N4O6S. The number of aryl methyl sites for hydroxylation is 1. The molecule has 1 aliphatic heterocycles. The van der Waals surface area contributed by atoms with Crippen LogP contribution in [0.2, 0.25) is 0 Å². The number of amides is 1. The molecule has 0 saturated carbocycles. The van der Waals surface area contributed by atoms with E-state index in [4.69, 9.17) is 4.74 Å². The van der Waals surface area contributed by atoms with Gasteiger partial charge < -0.3 is 14.2 Å². The first-order chi connectivity index (χ1) is 14.1. The number of rotatable bonds is 6. The molecule has 1 aromatic carbocycles. The van der Waals surface area contributed by atoms with Gasteiger partial charge in [0.05, 0.1) is 24.2 Å². The van der Waals surface area contributed by atoms with Crippen LogP contribution in [0.15, 0.2) is 41.4 Å². The summed E-state index contributed by atoms with van der Waals surface area (Å²) in [5.41, 5.74) is 0.759. The Morgan fingerprint density at radius 2 is 1.93 bits per heavy atom. The fourth-order valence-electron chi connectivity index (χ4n) is 3.30. The Labute approximate surface area is 174 Å². The Hall–Kier alpha value is -2.76. The molecule has 10 nitrogen and oxygen atoms in total. The predicted octanol–water partition coefficient (Wildman–Crippen LogP) is 1.79. The molecule has 1 saturated heterocycles. The highest BCUT2D eigenvalue weighted by Gasteiger charge is 2.30. The number of ether oxygens (including phenoxy) is 1. The first-order valence-electron chi connectivity index (χ1n) is 9.38. The lowest BCUT2D eigenvalue weighted by atomic mass is 10.1. The van der Waals surface area contributed by atoms with Crippen molar-refractivity contribution >= 4 is 21.6 Å². The summed E-state index contributed by atoms with van der Waals surface area (Å²) in [6, 6.07) is 7.00. The molecule has 2 aromatic rings. The quantitative estimate of drug-likeness (QED) is 0.504. The molecule has 0 N–H and O–H groups in total. The topological polar surface area (TPSA) is 115 Å². The van der Waals surface area contributed by atoms with Crippen molar-refractivity contribution in [1.82, 2.24) is 13.8 Å². The van der Waals surface area contributed by atoms with Gasteiger partial charge in [0.25, 0.3) is 11.6 Å². The van der Waals surface area contributed by atoms with Gasteiger partial charge in [-0.05, 0) is 18.6 Å². The van der Waals surface area contributed by atoms with Crippen molar-refractivity contribution in [2.75, 3.05) is 33.4 Å². The highest BCUT2D eigenvalue weighted by molar-refractivity contribution is 7.89. The van der Waals surface area contributed by atoms with E-state index in [2.05, 4.69) is 0 Å². The first kappa shape index (κ1) is 21.9. The van der Waals surface area contributed by atoms with Crippen LogP contribution in [-0.4, -0.2) is 66.4 Å². The van der Waals surface area contributed by atoms with Crippen molar-refractivity contribution in [3.8, 4) is 0 Å². The maximum atomic E-state index is 13.1. The monoisotopic (exact) mass is 436 g/mol. The van der Waals surface area contributed by atoms with E-state index in [0.29, 0.717) is 18.8 Å². The zero-order chi connectivity index (χ0) is 22.1. The SMILES string of the molecule is CC(c1cccc([N+](=O)[O-])c1)N(C)C(=O)c1cc(S(=O)(=O)N2CCOCC2)cn1C. The molecule has 0 bridgehead atoms. The van der Waals surface area contributed by atoms with Gasteiger partial charge in [-0.15, -0.1) is 0 Å². The Bertz CT molecular complexity index is 1060. The number of non-ortho nitro benzene ring substituents is 1. The second-order valence-electron chi connectivity index (χ2n) is 7.13. The van der Waals surface area contributed by atoms with Gasteiger partial charge in [0.15, 0.2) is 0 Å². The fraction of sp³-hybridized carbons (Fsp3) is 0.421. The van der Waals surface area contributed by atoms with Crippen molar-refractivity contribution in [2.24, 2.45) is 7.05 Å². The van der Waals surface area contributed by atoms with Crippen LogP contribution in [0.3, 0.4) is 0 Å². The summed E-state index contributed by atoms with van der Waals surface area (Å²) in [4.78, 5) is 25.1. The molecule has 11 heteroatoms. The number of carbonyl (C=O) groups is 1. The average molecular weight is 436 g/mol. The summed E-state index contributed by atoms with van der Waals surface area (Å²) >= 11 is 0. The van der Waals surface area contributed by atoms with Gasteiger partial charge in [-0.1, -0.05) is 12.1 Å². The van der Waals surface area contributed by atoms with Crippen LogP contribution in [0, 0.1) is 10.1 Å². The van der Waals surface area contributed by atoms with E-state index in [-0.39, 0.29) is 35.3 Å². The maximum absolute atomic E-state index is 13.1. The van der Waals surface area contributed by atoms with E-state index in [1.807, 2.05) is 0 Å². The molecule has 162 valence electrons. The summed E-state index contributed by atoms with van der Waals surface area (Å²) < 4.78 is 33.8. The minimum Gasteiger partial charge on any atom is -0.379 e. The molecule has 1 amide bonds. The number of sulfonamides is 1. The van der Waals surface area contributed by atoms with Gasteiger partial charge in [-0.3, -0.25) is 14.9 Å². The van der Waals surface area contributed by atoms with Crippen molar-refractivity contribution in [2.45, 2.75) is 17.9 Å². The van der Waals surface area contributed by atoms with E-state index in [9.17, 15) is 23.3 Å². The van der Waals surface area contributed by atoms with Crippen LogP contribution in [0.1, 0.15) is 29.0 Å². The largest absolute Gasteiger partial charge is 0.379 e. The van der Waals surface area contributed by atoms with Gasteiger partial charge in [-0.2, -0.15) is 4.31 Å². The van der Waals surface area contributed by atoms with Gasteiger partial charge in [0, 0.05) is 45.5 Å². The predicted molar refractivity (Wildman–Crippen MR) is 109 cm³/mol. The minimum atomic E-state index is -3.72. The lowest BCUT2D eigenvalue weighted by Gasteiger charge is -2.25. The summed E-state index contributed by atoms with van der Waals surface area (Å²) in [5.74, 6) is -0.389. The summed E-state index contributed by atoms with van der Waals surface area (Å²) in [6.45, 7) is 2.96. The molecule has 1 atom stereocenters. The van der Waals surface area contributed by atoms with E-state index in [1.165, 1.54) is 38.2 Å². The number of benzene rings is 1. The van der Waals surface area contributed by atoms with E-state index in [0.717, 1.165) is 0 Å². The van der Waals surface area contributed by atoms with Gasteiger partial charge in [0.2, 0.25) is 10.0 Å². The molecule has 2 heterocycles. The van der Waals surface area contributed by atoms with Crippen LogP contribution >= 0.6 is 0 Å². The third-order valence-corrected chi connectivity index (χ3v) is 7.14. The number of carbonyl (C=O) groups excluding carboxylic acids is 1. The van der Waals surface area contributed by atoms with Crippen LogP contribution < -0.4 is 0 Å². The van der Waals surface area contributed by atoms with Crippen LogP contribution in [-0.2, 0) is 21.8 Å². The molecule has 0 spiro atoms. The summed E-state index contributed by atoms with van der Waals surface area (Å²) in [5, 5.41) is 11.0. The van der Waals surface area contributed by atoms with Crippen LogP contribution in [0.4, 0.5) is 5.69 Å². The number of hydrogen-bond donors (Lipinski definition) is 0. The number of hydrogen-bond acceptors (Lipinski definition) is 6. The maximum Gasteiger partial charge on any atom is 0.270 e. The number of aromatic nitrogens is 1. The van der Waals surface area contributed by atoms with Gasteiger partial charge in [0.1, 0.15) is 10.6 Å². The van der Waals surface area contributed by atoms with Crippen LogP contribution in [0.25, 0.3) is 0 Å². The first-order valence-corrected chi connectivity index (χ1v) is 10.8. The second-order valence-corrected chi connectivity index (χ2v) is 9.07. The Morgan fingerprint density at radius 1 is 1.27 bits per heavy atom. The fourth-order valence-corrected chi connectivity index (χ4v) is 4.78. The molecule has 30 heavy (non-hydrogen) atoms. The highest BCUT2D eigenvalue weighted by Crippen LogP contribution is 2.26. The molecule has 0 radical (unpaired) electrons.